The van der Waals surface area contributed by atoms with E-state index in [-0.39, 0.29) is 17.9 Å². The van der Waals surface area contributed by atoms with Crippen LogP contribution in [0.5, 0.6) is 5.75 Å². The summed E-state index contributed by atoms with van der Waals surface area (Å²) in [5.74, 6) is 0.364. The van der Waals surface area contributed by atoms with Crippen LogP contribution >= 0.6 is 0 Å². The van der Waals surface area contributed by atoms with Crippen LogP contribution in [0.15, 0.2) is 24.3 Å². The third kappa shape index (κ3) is 10.3. The van der Waals surface area contributed by atoms with Crippen LogP contribution < -0.4 is 4.74 Å². The zero-order chi connectivity index (χ0) is 20.6. The highest BCUT2D eigenvalue weighted by Crippen LogP contribution is 2.14. The lowest BCUT2D eigenvalue weighted by molar-refractivity contribution is -0.148. The maximum Gasteiger partial charge on any atom is 0.338 e. The minimum atomic E-state index is -0.281. The second-order valence-electron chi connectivity index (χ2n) is 7.11. The molecule has 0 aliphatic carbocycles. The van der Waals surface area contributed by atoms with Gasteiger partial charge in [0.15, 0.2) is 0 Å². The Balaban J connectivity index is 2.10. The van der Waals surface area contributed by atoms with Crippen molar-refractivity contribution in [3.8, 4) is 5.75 Å². The fraction of sp³-hybridized carbons (Fsp3) is 0.652. The summed E-state index contributed by atoms with van der Waals surface area (Å²) >= 11 is 0. The Labute approximate surface area is 169 Å². The number of ether oxygens (including phenoxy) is 3. The van der Waals surface area contributed by atoms with Gasteiger partial charge in [-0.05, 0) is 62.8 Å². The van der Waals surface area contributed by atoms with E-state index < -0.39 is 0 Å². The van der Waals surface area contributed by atoms with Gasteiger partial charge >= 0.3 is 11.9 Å². The zero-order valence-electron chi connectivity index (χ0n) is 17.7. The predicted octanol–water partition coefficient (Wildman–Crippen LogP) is 5.56. The van der Waals surface area contributed by atoms with E-state index >= 15 is 0 Å². The lowest BCUT2D eigenvalue weighted by atomic mass is 10.1. The van der Waals surface area contributed by atoms with Crippen LogP contribution in [0.3, 0.4) is 0 Å². The van der Waals surface area contributed by atoms with E-state index in [0.717, 1.165) is 57.1 Å². The Morgan fingerprint density at radius 2 is 1.43 bits per heavy atom. The number of hydrogen-bond acceptors (Lipinski definition) is 5. The molecule has 0 bridgehead atoms. The standard InChI is InChI=1S/C23H36O5/c1-4-6-9-17-28-23(25)20-12-14-21(15-13-20)26-16-10-7-8-11-18-27-22(24)19(3)5-2/h12-15,19H,4-11,16-18H2,1-3H3. The van der Waals surface area contributed by atoms with Crippen LogP contribution in [0.2, 0.25) is 0 Å². The fourth-order valence-electron chi connectivity index (χ4n) is 2.52. The molecule has 0 heterocycles. The summed E-state index contributed by atoms with van der Waals surface area (Å²) in [4.78, 5) is 23.4. The van der Waals surface area contributed by atoms with Gasteiger partial charge in [0.25, 0.3) is 0 Å². The first-order valence-corrected chi connectivity index (χ1v) is 10.6. The van der Waals surface area contributed by atoms with Crippen LogP contribution in [0, 0.1) is 5.92 Å². The van der Waals surface area contributed by atoms with Gasteiger partial charge in [0.05, 0.1) is 31.3 Å². The van der Waals surface area contributed by atoms with Gasteiger partial charge in [0.2, 0.25) is 0 Å². The molecule has 1 aromatic carbocycles. The van der Waals surface area contributed by atoms with Gasteiger partial charge in [-0.1, -0.05) is 33.6 Å². The smallest absolute Gasteiger partial charge is 0.338 e. The molecule has 0 N–H and O–H groups in total. The van der Waals surface area contributed by atoms with Gasteiger partial charge in [-0.3, -0.25) is 4.79 Å². The van der Waals surface area contributed by atoms with Crippen LogP contribution in [-0.2, 0) is 14.3 Å². The second kappa shape index (κ2) is 14.9. The molecule has 5 heteroatoms. The Hall–Kier alpha value is -2.04. The van der Waals surface area contributed by atoms with E-state index in [0.29, 0.717) is 25.4 Å². The van der Waals surface area contributed by atoms with E-state index in [4.69, 9.17) is 14.2 Å². The van der Waals surface area contributed by atoms with Crippen molar-refractivity contribution in [3.63, 3.8) is 0 Å². The molecular weight excluding hydrogens is 356 g/mol. The van der Waals surface area contributed by atoms with Crippen LogP contribution in [0.4, 0.5) is 0 Å². The molecule has 1 unspecified atom stereocenters. The van der Waals surface area contributed by atoms with Crippen LogP contribution in [0.25, 0.3) is 0 Å². The van der Waals surface area contributed by atoms with Gasteiger partial charge in [-0.15, -0.1) is 0 Å². The topological polar surface area (TPSA) is 61.8 Å². The maximum atomic E-state index is 11.9. The molecule has 0 aliphatic rings. The minimum absolute atomic E-state index is 0.0114. The number of carbonyl (C=O) groups is 2. The van der Waals surface area contributed by atoms with E-state index in [1.807, 2.05) is 13.8 Å². The molecule has 0 amide bonds. The van der Waals surface area contributed by atoms with Crippen molar-refractivity contribution in [3.05, 3.63) is 29.8 Å². The predicted molar refractivity (Wildman–Crippen MR) is 111 cm³/mol. The molecule has 0 saturated carbocycles. The van der Waals surface area contributed by atoms with E-state index in [2.05, 4.69) is 6.92 Å². The Bertz CT molecular complexity index is 553. The Morgan fingerprint density at radius 3 is 2.07 bits per heavy atom. The third-order valence-corrected chi connectivity index (χ3v) is 4.64. The highest BCUT2D eigenvalue weighted by molar-refractivity contribution is 5.89. The normalized spacial score (nSPS) is 11.7. The lowest BCUT2D eigenvalue weighted by Gasteiger charge is -2.09. The highest BCUT2D eigenvalue weighted by Gasteiger charge is 2.11. The van der Waals surface area contributed by atoms with Crippen LogP contribution in [0.1, 0.15) is 82.5 Å². The van der Waals surface area contributed by atoms with Gasteiger partial charge in [-0.25, -0.2) is 4.79 Å². The molecule has 0 spiro atoms. The summed E-state index contributed by atoms with van der Waals surface area (Å²) in [6, 6.07) is 7.08. The molecule has 0 fully saturated rings. The highest BCUT2D eigenvalue weighted by atomic mass is 16.5. The fourth-order valence-corrected chi connectivity index (χ4v) is 2.52. The first-order chi connectivity index (χ1) is 13.6. The number of esters is 2. The van der Waals surface area contributed by atoms with Gasteiger partial charge in [-0.2, -0.15) is 0 Å². The minimum Gasteiger partial charge on any atom is -0.494 e. The molecule has 1 rings (SSSR count). The Kier molecular flexibility index (Phi) is 12.8. The lowest BCUT2D eigenvalue weighted by Crippen LogP contribution is -2.14. The van der Waals surface area contributed by atoms with Gasteiger partial charge in [0, 0.05) is 0 Å². The molecular formula is C23H36O5. The summed E-state index contributed by atoms with van der Waals surface area (Å²) < 4.78 is 16.2. The number of rotatable bonds is 15. The van der Waals surface area contributed by atoms with Crippen molar-refractivity contribution in [2.75, 3.05) is 19.8 Å². The van der Waals surface area contributed by atoms with E-state index in [1.54, 1.807) is 24.3 Å². The molecule has 1 aromatic rings. The maximum absolute atomic E-state index is 11.9. The van der Waals surface area contributed by atoms with Crippen molar-refractivity contribution in [2.45, 2.75) is 72.1 Å². The summed E-state index contributed by atoms with van der Waals surface area (Å²) in [6.07, 6.45) is 7.78. The average Bonchev–Trinajstić information content (AvgIpc) is 2.72. The largest absolute Gasteiger partial charge is 0.494 e. The van der Waals surface area contributed by atoms with Crippen molar-refractivity contribution >= 4 is 11.9 Å². The van der Waals surface area contributed by atoms with Crippen LogP contribution in [-0.4, -0.2) is 31.8 Å². The second-order valence-corrected chi connectivity index (χ2v) is 7.11. The number of unbranched alkanes of at least 4 members (excludes halogenated alkanes) is 5. The summed E-state index contributed by atoms with van der Waals surface area (Å²) in [6.45, 7) is 7.60. The van der Waals surface area contributed by atoms with Gasteiger partial charge in [0.1, 0.15) is 5.75 Å². The summed E-state index contributed by atoms with van der Waals surface area (Å²) in [7, 11) is 0. The molecule has 5 nitrogen and oxygen atoms in total. The molecule has 1 atom stereocenters. The quantitative estimate of drug-likeness (QED) is 0.289. The van der Waals surface area contributed by atoms with Crippen molar-refractivity contribution in [2.24, 2.45) is 5.92 Å². The van der Waals surface area contributed by atoms with Gasteiger partial charge < -0.3 is 14.2 Å². The molecule has 158 valence electrons. The summed E-state index contributed by atoms with van der Waals surface area (Å²) in [5.41, 5.74) is 0.552. The van der Waals surface area contributed by atoms with E-state index in [9.17, 15) is 9.59 Å². The molecule has 0 radical (unpaired) electrons. The molecule has 0 saturated heterocycles. The van der Waals surface area contributed by atoms with Crippen molar-refractivity contribution in [1.82, 2.24) is 0 Å². The third-order valence-electron chi connectivity index (χ3n) is 4.64. The van der Waals surface area contributed by atoms with E-state index in [1.165, 1.54) is 0 Å². The monoisotopic (exact) mass is 392 g/mol. The zero-order valence-corrected chi connectivity index (χ0v) is 17.7. The SMILES string of the molecule is CCCCCOC(=O)c1ccc(OCCCCCCOC(=O)C(C)CC)cc1. The molecule has 0 aliphatic heterocycles. The average molecular weight is 393 g/mol. The Morgan fingerprint density at radius 1 is 0.821 bits per heavy atom. The van der Waals surface area contributed by atoms with Crippen molar-refractivity contribution in [1.29, 1.82) is 0 Å². The van der Waals surface area contributed by atoms with Crippen molar-refractivity contribution < 1.29 is 23.8 Å². The number of benzene rings is 1. The molecule has 0 aromatic heterocycles. The number of hydrogen-bond donors (Lipinski definition) is 0. The first-order valence-electron chi connectivity index (χ1n) is 10.6. The summed E-state index contributed by atoms with van der Waals surface area (Å²) in [5, 5.41) is 0. The first kappa shape index (κ1) is 24.0. The molecule has 28 heavy (non-hydrogen) atoms. The number of carbonyl (C=O) groups excluding carboxylic acids is 2.